The quantitative estimate of drug-likeness (QED) is 0.466. The topological polar surface area (TPSA) is 60.7 Å². The molecule has 3 nitrogen and oxygen atoms in total. The molecule has 0 spiro atoms. The van der Waals surface area contributed by atoms with Gasteiger partial charge in [-0.15, -0.1) is 0 Å². The van der Waals surface area contributed by atoms with E-state index in [0.717, 1.165) is 27.9 Å². The van der Waals surface area contributed by atoms with Crippen LogP contribution in [0.3, 0.4) is 0 Å². The smallest absolute Gasteiger partial charge is 0.324 e. The summed E-state index contributed by atoms with van der Waals surface area (Å²) in [6, 6.07) is 8.93. The summed E-state index contributed by atoms with van der Waals surface area (Å²) in [6.07, 6.45) is 0. The molecule has 0 heterocycles. The van der Waals surface area contributed by atoms with E-state index in [1.54, 1.807) is 0 Å². The van der Waals surface area contributed by atoms with Crippen molar-refractivity contribution in [2.24, 2.45) is 0 Å². The van der Waals surface area contributed by atoms with Gasteiger partial charge in [-0.1, -0.05) is 0 Å². The number of hydrogen-bond acceptors (Lipinski definition) is 3. The van der Waals surface area contributed by atoms with Gasteiger partial charge in [-0.2, -0.15) is 0 Å². The average Bonchev–Trinajstić information content (AvgIpc) is 2.01. The third-order valence-corrected chi connectivity index (χ3v) is 2.58. The second-order valence-electron chi connectivity index (χ2n) is 4.38. The van der Waals surface area contributed by atoms with Crippen molar-refractivity contribution >= 4 is 39.3 Å². The summed E-state index contributed by atoms with van der Waals surface area (Å²) in [6.45, 7) is 6.74. The van der Waals surface area contributed by atoms with E-state index < -0.39 is 8.60 Å². The van der Waals surface area contributed by atoms with E-state index in [0.29, 0.717) is 5.41 Å². The summed E-state index contributed by atoms with van der Waals surface area (Å²) in [5.41, 5.74) is 1.73. The Labute approximate surface area is 110 Å². The minimum absolute atomic E-state index is 0.301. The van der Waals surface area contributed by atoms with E-state index in [9.17, 15) is 0 Å². The first-order valence-corrected chi connectivity index (χ1v) is 6.87. The standard InChI is InChI=1S/C10H13.Na.H3O3P/c1-10(2,3)9-7-5-4-6-8-9;;1-4(2)3/h5-8H,1-3H3;;1-3H. The summed E-state index contributed by atoms with van der Waals surface area (Å²) in [4.78, 5) is 21.7. The molecule has 0 amide bonds. The monoisotopic (exact) mass is 238 g/mol. The SMILES string of the molecule is CC(C)(C)c1cc[c]([Na])cc1.OP(O)O. The average molecular weight is 238 g/mol. The zero-order valence-electron chi connectivity index (χ0n) is 9.60. The van der Waals surface area contributed by atoms with Crippen molar-refractivity contribution in [3.05, 3.63) is 29.8 Å². The van der Waals surface area contributed by atoms with Crippen LogP contribution in [0.1, 0.15) is 26.3 Å². The summed E-state index contributed by atoms with van der Waals surface area (Å²) < 4.78 is 1.47. The fourth-order valence-corrected chi connectivity index (χ4v) is 1.39. The number of benzene rings is 1. The van der Waals surface area contributed by atoms with Gasteiger partial charge in [0.25, 0.3) is 0 Å². The third-order valence-electron chi connectivity index (χ3n) is 1.92. The number of rotatable bonds is 0. The van der Waals surface area contributed by atoms with Gasteiger partial charge >= 0.3 is 95.4 Å². The zero-order chi connectivity index (χ0) is 12.1. The molecule has 0 aliphatic rings. The van der Waals surface area contributed by atoms with Crippen LogP contribution in [0.15, 0.2) is 24.3 Å². The molecule has 0 bridgehead atoms. The van der Waals surface area contributed by atoms with Gasteiger partial charge in [0, 0.05) is 0 Å². The Hall–Kier alpha value is 0.530. The zero-order valence-corrected chi connectivity index (χ0v) is 12.5. The van der Waals surface area contributed by atoms with E-state index in [1.165, 1.54) is 8.38 Å². The van der Waals surface area contributed by atoms with Crippen LogP contribution >= 0.6 is 8.60 Å². The molecule has 0 unspecified atom stereocenters. The van der Waals surface area contributed by atoms with Gasteiger partial charge in [0.05, 0.1) is 0 Å². The van der Waals surface area contributed by atoms with Gasteiger partial charge in [-0.25, -0.2) is 0 Å². The maximum Gasteiger partial charge on any atom is 0.324 e. The molecule has 0 radical (unpaired) electrons. The molecule has 5 heteroatoms. The molecule has 1 rings (SSSR count). The third kappa shape index (κ3) is 8.35. The summed E-state index contributed by atoms with van der Waals surface area (Å²) in [5, 5.41) is 0. The van der Waals surface area contributed by atoms with Crippen molar-refractivity contribution in [1.82, 2.24) is 0 Å². The van der Waals surface area contributed by atoms with Gasteiger partial charge in [-0.3, -0.25) is 0 Å². The van der Waals surface area contributed by atoms with Crippen molar-refractivity contribution in [1.29, 1.82) is 0 Å². The molecular formula is C10H16NaO3P. The van der Waals surface area contributed by atoms with Crippen LogP contribution in [0.25, 0.3) is 0 Å². The Morgan fingerprint density at radius 2 is 1.33 bits per heavy atom. The first kappa shape index (κ1) is 15.5. The normalized spacial score (nSPS) is 11.0. The summed E-state index contributed by atoms with van der Waals surface area (Å²) >= 11 is 1.16. The van der Waals surface area contributed by atoms with Crippen LogP contribution in [0.5, 0.6) is 0 Å². The predicted molar refractivity (Wildman–Crippen MR) is 64.1 cm³/mol. The molecule has 0 saturated heterocycles. The molecule has 0 aliphatic heterocycles. The molecule has 0 aliphatic carbocycles. The summed E-state index contributed by atoms with van der Waals surface area (Å²) in [5.74, 6) is 0. The van der Waals surface area contributed by atoms with Crippen LogP contribution in [0, 0.1) is 0 Å². The van der Waals surface area contributed by atoms with E-state index in [-0.39, 0.29) is 0 Å². The largest absolute Gasteiger partial charge is 0.328 e. The molecule has 0 fully saturated rings. The Morgan fingerprint density at radius 3 is 1.60 bits per heavy atom. The molecule has 1 aromatic rings. The van der Waals surface area contributed by atoms with Gasteiger partial charge in [0.15, 0.2) is 0 Å². The Bertz CT molecular complexity index is 277. The maximum absolute atomic E-state index is 7.23. The minimum atomic E-state index is -2.62. The first-order valence-electron chi connectivity index (χ1n) is 4.67. The van der Waals surface area contributed by atoms with Gasteiger partial charge in [0.2, 0.25) is 0 Å². The fraction of sp³-hybridized carbons (Fsp3) is 0.400. The molecule has 80 valence electrons. The molecule has 0 aromatic heterocycles. The van der Waals surface area contributed by atoms with Gasteiger partial charge in [0.1, 0.15) is 0 Å². The van der Waals surface area contributed by atoms with Crippen LogP contribution in [-0.2, 0) is 5.41 Å². The van der Waals surface area contributed by atoms with E-state index >= 15 is 0 Å². The Balaban J connectivity index is 0.000000423. The first-order chi connectivity index (χ1) is 6.73. The van der Waals surface area contributed by atoms with Crippen LogP contribution < -0.4 is 2.81 Å². The molecule has 1 aromatic carbocycles. The maximum atomic E-state index is 7.23. The predicted octanol–water partition coefficient (Wildman–Crippen LogP) is 0.968. The molecule has 0 atom stereocenters. The molecular weight excluding hydrogens is 222 g/mol. The van der Waals surface area contributed by atoms with Crippen molar-refractivity contribution in [2.45, 2.75) is 26.2 Å². The van der Waals surface area contributed by atoms with Crippen molar-refractivity contribution in [3.8, 4) is 0 Å². The van der Waals surface area contributed by atoms with Crippen LogP contribution in [-0.4, -0.2) is 42.6 Å². The molecule has 3 N–H and O–H groups in total. The molecule has 0 saturated carbocycles. The van der Waals surface area contributed by atoms with Crippen LogP contribution in [0.4, 0.5) is 0 Å². The molecule has 15 heavy (non-hydrogen) atoms. The Morgan fingerprint density at radius 1 is 1.00 bits per heavy atom. The Kier molecular flexibility index (Phi) is 7.22. The van der Waals surface area contributed by atoms with Crippen molar-refractivity contribution in [3.63, 3.8) is 0 Å². The number of hydrogen-bond donors (Lipinski definition) is 3. The van der Waals surface area contributed by atoms with Gasteiger partial charge in [-0.05, 0) is 0 Å². The minimum Gasteiger partial charge on any atom is -0.328 e. The van der Waals surface area contributed by atoms with E-state index in [4.69, 9.17) is 14.7 Å². The fourth-order valence-electron chi connectivity index (χ4n) is 1.05. The van der Waals surface area contributed by atoms with Crippen molar-refractivity contribution < 1.29 is 14.7 Å². The van der Waals surface area contributed by atoms with Crippen LogP contribution in [0.2, 0.25) is 0 Å². The summed E-state index contributed by atoms with van der Waals surface area (Å²) in [7, 11) is -2.62. The van der Waals surface area contributed by atoms with Crippen molar-refractivity contribution in [2.75, 3.05) is 0 Å². The van der Waals surface area contributed by atoms with Gasteiger partial charge < -0.3 is 14.7 Å². The second-order valence-corrected chi connectivity index (χ2v) is 6.08. The van der Waals surface area contributed by atoms with E-state index in [1.807, 2.05) is 0 Å². The van der Waals surface area contributed by atoms with E-state index in [2.05, 4.69) is 45.0 Å². The second kappa shape index (κ2) is 6.97.